The predicted molar refractivity (Wildman–Crippen MR) is 77.5 cm³/mol. The standard InChI is InChI=1S/C16H18N2O2/c19-16(6-5-15-2-1-9-20-15)18-14-4-3-12-7-8-17-11-13(12)10-14/h1-4,9-10,17H,5-8,11H2,(H,18,19). The number of hydrogen-bond acceptors (Lipinski definition) is 3. The number of rotatable bonds is 4. The Morgan fingerprint density at radius 3 is 3.10 bits per heavy atom. The van der Waals surface area contributed by atoms with Crippen LogP contribution >= 0.6 is 0 Å². The largest absolute Gasteiger partial charge is 0.469 e. The zero-order chi connectivity index (χ0) is 13.8. The Kier molecular flexibility index (Phi) is 3.83. The molecule has 0 aliphatic carbocycles. The Morgan fingerprint density at radius 1 is 1.30 bits per heavy atom. The van der Waals surface area contributed by atoms with E-state index in [0.29, 0.717) is 12.8 Å². The van der Waals surface area contributed by atoms with Crippen LogP contribution in [0.15, 0.2) is 41.0 Å². The molecule has 20 heavy (non-hydrogen) atoms. The highest BCUT2D eigenvalue weighted by atomic mass is 16.3. The Hall–Kier alpha value is -2.07. The van der Waals surface area contributed by atoms with Crippen LogP contribution in [0.3, 0.4) is 0 Å². The van der Waals surface area contributed by atoms with Crippen molar-refractivity contribution in [3.63, 3.8) is 0 Å². The topological polar surface area (TPSA) is 54.3 Å². The lowest BCUT2D eigenvalue weighted by Crippen LogP contribution is -2.23. The number of hydrogen-bond donors (Lipinski definition) is 2. The first-order valence-corrected chi connectivity index (χ1v) is 6.96. The maximum Gasteiger partial charge on any atom is 0.224 e. The second-order valence-corrected chi connectivity index (χ2v) is 5.04. The minimum Gasteiger partial charge on any atom is -0.469 e. The van der Waals surface area contributed by atoms with E-state index in [4.69, 9.17) is 4.42 Å². The first kappa shape index (κ1) is 12.9. The summed E-state index contributed by atoms with van der Waals surface area (Å²) < 4.78 is 5.22. The number of carbonyl (C=O) groups excluding carboxylic acids is 1. The Balaban J connectivity index is 1.58. The molecule has 0 unspecified atom stereocenters. The second kappa shape index (κ2) is 5.92. The molecule has 1 amide bonds. The molecule has 2 N–H and O–H groups in total. The summed E-state index contributed by atoms with van der Waals surface area (Å²) in [5, 5.41) is 6.29. The molecule has 0 saturated carbocycles. The predicted octanol–water partition coefficient (Wildman–Crippen LogP) is 2.50. The monoisotopic (exact) mass is 270 g/mol. The third kappa shape index (κ3) is 3.08. The van der Waals surface area contributed by atoms with Crippen LogP contribution in [0.2, 0.25) is 0 Å². The van der Waals surface area contributed by atoms with Crippen molar-refractivity contribution in [1.82, 2.24) is 5.32 Å². The van der Waals surface area contributed by atoms with Gasteiger partial charge in [-0.25, -0.2) is 0 Å². The molecule has 4 nitrogen and oxygen atoms in total. The molecule has 2 heterocycles. The van der Waals surface area contributed by atoms with Gasteiger partial charge in [-0.05, 0) is 48.4 Å². The summed E-state index contributed by atoms with van der Waals surface area (Å²) in [6, 6.07) is 9.88. The third-order valence-electron chi connectivity index (χ3n) is 3.56. The van der Waals surface area contributed by atoms with Crippen LogP contribution in [-0.2, 0) is 24.2 Å². The van der Waals surface area contributed by atoms with Gasteiger partial charge in [-0.3, -0.25) is 4.79 Å². The Labute approximate surface area is 118 Å². The first-order chi connectivity index (χ1) is 9.81. The van der Waals surface area contributed by atoms with Crippen LogP contribution in [0.4, 0.5) is 5.69 Å². The fourth-order valence-electron chi connectivity index (χ4n) is 2.47. The molecule has 0 radical (unpaired) electrons. The van der Waals surface area contributed by atoms with Crippen molar-refractivity contribution >= 4 is 11.6 Å². The zero-order valence-corrected chi connectivity index (χ0v) is 11.3. The van der Waals surface area contributed by atoms with Crippen LogP contribution in [0.25, 0.3) is 0 Å². The molecule has 1 aromatic carbocycles. The van der Waals surface area contributed by atoms with Gasteiger partial charge in [0.1, 0.15) is 5.76 Å². The molecule has 0 bridgehead atoms. The van der Waals surface area contributed by atoms with E-state index in [-0.39, 0.29) is 5.91 Å². The quantitative estimate of drug-likeness (QED) is 0.897. The van der Waals surface area contributed by atoms with E-state index in [2.05, 4.69) is 22.8 Å². The lowest BCUT2D eigenvalue weighted by atomic mass is 10.0. The third-order valence-corrected chi connectivity index (χ3v) is 3.56. The Bertz CT molecular complexity index is 591. The number of fused-ring (bicyclic) bond motifs is 1. The number of furan rings is 1. The highest BCUT2D eigenvalue weighted by molar-refractivity contribution is 5.90. The average molecular weight is 270 g/mol. The lowest BCUT2D eigenvalue weighted by molar-refractivity contribution is -0.116. The van der Waals surface area contributed by atoms with E-state index in [1.54, 1.807) is 6.26 Å². The highest BCUT2D eigenvalue weighted by Crippen LogP contribution is 2.19. The molecule has 1 aliphatic rings. The summed E-state index contributed by atoms with van der Waals surface area (Å²) >= 11 is 0. The molecule has 2 aromatic rings. The summed E-state index contributed by atoms with van der Waals surface area (Å²) in [6.07, 6.45) is 3.75. The minimum atomic E-state index is 0.0186. The van der Waals surface area contributed by atoms with Crippen LogP contribution in [0, 0.1) is 0 Å². The molecule has 4 heteroatoms. The number of nitrogens with one attached hydrogen (secondary N) is 2. The fourth-order valence-corrected chi connectivity index (χ4v) is 2.47. The van der Waals surface area contributed by atoms with Gasteiger partial charge in [0.15, 0.2) is 0 Å². The minimum absolute atomic E-state index is 0.0186. The molecule has 104 valence electrons. The Morgan fingerprint density at radius 2 is 2.25 bits per heavy atom. The number of aryl methyl sites for hydroxylation is 1. The van der Waals surface area contributed by atoms with Crippen molar-refractivity contribution in [2.24, 2.45) is 0 Å². The second-order valence-electron chi connectivity index (χ2n) is 5.04. The molecule has 0 saturated heterocycles. The molecule has 1 aromatic heterocycles. The number of carbonyl (C=O) groups is 1. The fraction of sp³-hybridized carbons (Fsp3) is 0.312. The molecule has 0 spiro atoms. The van der Waals surface area contributed by atoms with E-state index in [1.807, 2.05) is 18.2 Å². The first-order valence-electron chi connectivity index (χ1n) is 6.96. The van der Waals surface area contributed by atoms with Crippen LogP contribution < -0.4 is 10.6 Å². The SMILES string of the molecule is O=C(CCc1ccco1)Nc1ccc2c(c1)CNCC2. The molecule has 0 atom stereocenters. The number of benzene rings is 1. The normalized spacial score (nSPS) is 13.8. The van der Waals surface area contributed by atoms with Gasteiger partial charge in [-0.1, -0.05) is 6.07 Å². The van der Waals surface area contributed by atoms with Crippen molar-refractivity contribution < 1.29 is 9.21 Å². The summed E-state index contributed by atoms with van der Waals surface area (Å²) in [7, 11) is 0. The van der Waals surface area contributed by atoms with Gasteiger partial charge in [-0.15, -0.1) is 0 Å². The van der Waals surface area contributed by atoms with Gasteiger partial charge in [0.05, 0.1) is 6.26 Å². The summed E-state index contributed by atoms with van der Waals surface area (Å²) in [4.78, 5) is 11.9. The zero-order valence-electron chi connectivity index (χ0n) is 11.3. The van der Waals surface area contributed by atoms with Crippen LogP contribution in [0.1, 0.15) is 23.3 Å². The average Bonchev–Trinajstić information content (AvgIpc) is 2.98. The van der Waals surface area contributed by atoms with Crippen LogP contribution in [-0.4, -0.2) is 12.5 Å². The van der Waals surface area contributed by atoms with Crippen molar-refractivity contribution in [2.45, 2.75) is 25.8 Å². The van der Waals surface area contributed by atoms with Gasteiger partial charge in [0, 0.05) is 25.1 Å². The van der Waals surface area contributed by atoms with Crippen molar-refractivity contribution in [3.05, 3.63) is 53.5 Å². The van der Waals surface area contributed by atoms with Gasteiger partial charge in [0.25, 0.3) is 0 Å². The summed E-state index contributed by atoms with van der Waals surface area (Å²) in [5.41, 5.74) is 3.52. The van der Waals surface area contributed by atoms with Crippen molar-refractivity contribution in [1.29, 1.82) is 0 Å². The van der Waals surface area contributed by atoms with Crippen LogP contribution in [0.5, 0.6) is 0 Å². The highest BCUT2D eigenvalue weighted by Gasteiger charge is 2.10. The van der Waals surface area contributed by atoms with Gasteiger partial charge in [0.2, 0.25) is 5.91 Å². The van der Waals surface area contributed by atoms with Gasteiger partial charge in [-0.2, -0.15) is 0 Å². The van der Waals surface area contributed by atoms with Gasteiger partial charge >= 0.3 is 0 Å². The molecule has 1 aliphatic heterocycles. The molecular formula is C16H18N2O2. The summed E-state index contributed by atoms with van der Waals surface area (Å²) in [5.74, 6) is 0.861. The van der Waals surface area contributed by atoms with E-state index >= 15 is 0 Å². The van der Waals surface area contributed by atoms with Crippen molar-refractivity contribution in [3.8, 4) is 0 Å². The maximum atomic E-state index is 11.9. The summed E-state index contributed by atoms with van der Waals surface area (Å²) in [6.45, 7) is 1.91. The van der Waals surface area contributed by atoms with Gasteiger partial charge < -0.3 is 15.1 Å². The smallest absolute Gasteiger partial charge is 0.224 e. The van der Waals surface area contributed by atoms with E-state index < -0.39 is 0 Å². The number of anilines is 1. The van der Waals surface area contributed by atoms with E-state index in [1.165, 1.54) is 11.1 Å². The maximum absolute atomic E-state index is 11.9. The lowest BCUT2D eigenvalue weighted by Gasteiger charge is -2.18. The molecule has 0 fully saturated rings. The van der Waals surface area contributed by atoms with E-state index in [0.717, 1.165) is 31.0 Å². The molecular weight excluding hydrogens is 252 g/mol. The molecule has 3 rings (SSSR count). The van der Waals surface area contributed by atoms with Crippen molar-refractivity contribution in [2.75, 3.05) is 11.9 Å². The van der Waals surface area contributed by atoms with E-state index in [9.17, 15) is 4.79 Å². The number of amides is 1.